The highest BCUT2D eigenvalue weighted by molar-refractivity contribution is 6.30. The van der Waals surface area contributed by atoms with Gasteiger partial charge in [-0.15, -0.1) is 0 Å². The molecule has 3 aromatic carbocycles. The lowest BCUT2D eigenvalue weighted by atomic mass is 10.1. The van der Waals surface area contributed by atoms with Gasteiger partial charge in [0.2, 0.25) is 0 Å². The molecule has 1 heterocycles. The van der Waals surface area contributed by atoms with Crippen molar-refractivity contribution in [3.8, 4) is 5.75 Å². The van der Waals surface area contributed by atoms with Crippen molar-refractivity contribution in [1.29, 1.82) is 0 Å². The highest BCUT2D eigenvalue weighted by Gasteiger charge is 2.30. The van der Waals surface area contributed by atoms with Crippen LogP contribution in [0.1, 0.15) is 34.8 Å². The van der Waals surface area contributed by atoms with Gasteiger partial charge in [0, 0.05) is 34.9 Å². The summed E-state index contributed by atoms with van der Waals surface area (Å²) in [4.78, 5) is 27.3. The second kappa shape index (κ2) is 9.40. The number of carbonyl (C=O) groups is 2. The van der Waals surface area contributed by atoms with Crippen molar-refractivity contribution in [2.75, 3.05) is 5.32 Å². The summed E-state index contributed by atoms with van der Waals surface area (Å²) >= 11 is 5.89. The van der Waals surface area contributed by atoms with Crippen molar-refractivity contribution in [1.82, 2.24) is 4.90 Å². The summed E-state index contributed by atoms with van der Waals surface area (Å²) in [5, 5.41) is 3.43. The number of hydrogen-bond donors (Lipinski definition) is 1. The molecule has 0 spiro atoms. The first-order valence-electron chi connectivity index (χ1n) is 10.3. The van der Waals surface area contributed by atoms with Crippen LogP contribution < -0.4 is 10.1 Å². The molecule has 1 aliphatic heterocycles. The maximum atomic E-state index is 13.3. The molecule has 5 nitrogen and oxygen atoms in total. The molecular weight excluding hydrogens is 431 g/mol. The third-order valence-corrected chi connectivity index (χ3v) is 5.55. The minimum absolute atomic E-state index is 0.125. The van der Waals surface area contributed by atoms with Crippen LogP contribution in [-0.2, 0) is 17.9 Å². The highest BCUT2D eigenvalue weighted by Crippen LogP contribution is 2.30. The average molecular weight is 453 g/mol. The van der Waals surface area contributed by atoms with Crippen LogP contribution in [0.4, 0.5) is 10.1 Å². The van der Waals surface area contributed by atoms with Crippen LogP contribution in [-0.4, -0.2) is 22.8 Å². The minimum Gasteiger partial charge on any atom is -0.480 e. The molecule has 1 N–H and O–H groups in total. The van der Waals surface area contributed by atoms with E-state index in [0.717, 1.165) is 11.1 Å². The number of nitrogens with zero attached hydrogens (tertiary/aromatic N) is 1. The molecule has 1 aliphatic rings. The Labute approximate surface area is 190 Å². The number of fused-ring (bicyclic) bond motifs is 1. The van der Waals surface area contributed by atoms with Gasteiger partial charge in [0.1, 0.15) is 11.6 Å². The van der Waals surface area contributed by atoms with Gasteiger partial charge in [-0.05, 0) is 66.6 Å². The number of hydrogen-bond acceptors (Lipinski definition) is 3. The number of anilines is 1. The fraction of sp³-hybridized carbons (Fsp3) is 0.200. The largest absolute Gasteiger partial charge is 0.480 e. The zero-order chi connectivity index (χ0) is 22.7. The molecule has 3 aromatic rings. The van der Waals surface area contributed by atoms with E-state index in [1.54, 1.807) is 53.4 Å². The van der Waals surface area contributed by atoms with Crippen LogP contribution in [0.15, 0.2) is 66.7 Å². The molecule has 0 fully saturated rings. The predicted molar refractivity (Wildman–Crippen MR) is 121 cm³/mol. The number of amides is 2. The SMILES string of the molecule is CC[C@H]1Oc2ccc(NC(=O)c3ccc(Cl)cc3)cc2CN(Cc2ccc(F)cc2)C1=O. The second-order valence-electron chi connectivity index (χ2n) is 7.62. The molecule has 2 amide bonds. The van der Waals surface area contributed by atoms with Crippen molar-refractivity contribution in [2.45, 2.75) is 32.5 Å². The Morgan fingerprint density at radius 2 is 1.84 bits per heavy atom. The van der Waals surface area contributed by atoms with Crippen molar-refractivity contribution >= 4 is 29.1 Å². The highest BCUT2D eigenvalue weighted by atomic mass is 35.5. The van der Waals surface area contributed by atoms with Gasteiger partial charge >= 0.3 is 0 Å². The third-order valence-electron chi connectivity index (χ3n) is 5.30. The first kappa shape index (κ1) is 21.8. The fourth-order valence-electron chi connectivity index (χ4n) is 3.59. The number of rotatable bonds is 5. The summed E-state index contributed by atoms with van der Waals surface area (Å²) in [5.74, 6) is -0.102. The molecular formula is C25H22ClFN2O3. The Balaban J connectivity index is 1.57. The number of benzene rings is 3. The normalized spacial score (nSPS) is 15.5. The van der Waals surface area contributed by atoms with Crippen molar-refractivity contribution < 1.29 is 18.7 Å². The summed E-state index contributed by atoms with van der Waals surface area (Å²) in [6.07, 6.45) is -0.0843. The number of nitrogens with one attached hydrogen (secondary N) is 1. The maximum absolute atomic E-state index is 13.3. The topological polar surface area (TPSA) is 58.6 Å². The lowest BCUT2D eigenvalue weighted by Crippen LogP contribution is -2.38. The Morgan fingerprint density at radius 3 is 2.53 bits per heavy atom. The van der Waals surface area contributed by atoms with Crippen molar-refractivity contribution in [3.05, 3.63) is 94.3 Å². The van der Waals surface area contributed by atoms with E-state index in [1.165, 1.54) is 12.1 Å². The number of ether oxygens (including phenoxy) is 1. The number of halogens is 2. The summed E-state index contributed by atoms with van der Waals surface area (Å²) in [6.45, 7) is 2.54. The van der Waals surface area contributed by atoms with E-state index in [-0.39, 0.29) is 17.6 Å². The van der Waals surface area contributed by atoms with Gasteiger partial charge in [-0.2, -0.15) is 0 Å². The molecule has 32 heavy (non-hydrogen) atoms. The molecule has 0 saturated heterocycles. The lowest BCUT2D eigenvalue weighted by molar-refractivity contribution is -0.139. The molecule has 1 atom stereocenters. The van der Waals surface area contributed by atoms with Crippen LogP contribution in [0.3, 0.4) is 0 Å². The molecule has 0 saturated carbocycles. The molecule has 0 aromatic heterocycles. The Morgan fingerprint density at radius 1 is 1.12 bits per heavy atom. The van der Waals surface area contributed by atoms with Crippen molar-refractivity contribution in [2.24, 2.45) is 0 Å². The summed E-state index contributed by atoms with van der Waals surface area (Å²) in [5.41, 5.74) is 2.69. The quantitative estimate of drug-likeness (QED) is 0.561. The smallest absolute Gasteiger partial charge is 0.264 e. The van der Waals surface area contributed by atoms with E-state index in [9.17, 15) is 14.0 Å². The zero-order valence-electron chi connectivity index (χ0n) is 17.5. The molecule has 0 bridgehead atoms. The molecule has 0 unspecified atom stereocenters. The molecule has 4 rings (SSSR count). The van der Waals surface area contributed by atoms with Crippen LogP contribution in [0.2, 0.25) is 5.02 Å². The standard InChI is InChI=1S/C25H22ClFN2O3/c1-2-22-25(31)29(14-16-3-9-20(27)10-4-16)15-18-13-21(11-12-23(18)32-22)28-24(30)17-5-7-19(26)8-6-17/h3-13,22H,2,14-15H2,1H3,(H,28,30)/t22-/m1/s1. The molecule has 7 heteroatoms. The van der Waals surface area contributed by atoms with E-state index >= 15 is 0 Å². The Kier molecular flexibility index (Phi) is 6.42. The van der Waals surface area contributed by atoms with Gasteiger partial charge in [0.15, 0.2) is 6.10 Å². The van der Waals surface area contributed by atoms with E-state index in [4.69, 9.17) is 16.3 Å². The molecule has 164 valence electrons. The van der Waals surface area contributed by atoms with Crippen LogP contribution in [0, 0.1) is 5.82 Å². The Hall–Kier alpha value is -3.38. The van der Waals surface area contributed by atoms with E-state index < -0.39 is 6.10 Å². The van der Waals surface area contributed by atoms with E-state index in [2.05, 4.69) is 5.32 Å². The van der Waals surface area contributed by atoms with Gasteiger partial charge in [-0.1, -0.05) is 30.7 Å². The summed E-state index contributed by atoms with van der Waals surface area (Å²) < 4.78 is 19.3. The monoisotopic (exact) mass is 452 g/mol. The first-order chi connectivity index (χ1) is 15.4. The van der Waals surface area contributed by atoms with Crippen LogP contribution in [0.25, 0.3) is 0 Å². The van der Waals surface area contributed by atoms with Gasteiger partial charge in [0.05, 0.1) is 0 Å². The van der Waals surface area contributed by atoms with Crippen molar-refractivity contribution in [3.63, 3.8) is 0 Å². The third kappa shape index (κ3) is 4.92. The van der Waals surface area contributed by atoms with Gasteiger partial charge in [-0.25, -0.2) is 4.39 Å². The van der Waals surface area contributed by atoms with Crippen LogP contribution >= 0.6 is 11.6 Å². The minimum atomic E-state index is -0.605. The zero-order valence-corrected chi connectivity index (χ0v) is 18.2. The molecule has 0 radical (unpaired) electrons. The fourth-order valence-corrected chi connectivity index (χ4v) is 3.72. The average Bonchev–Trinajstić information content (AvgIpc) is 2.92. The lowest BCUT2D eigenvalue weighted by Gasteiger charge is -2.23. The van der Waals surface area contributed by atoms with Gasteiger partial charge in [-0.3, -0.25) is 9.59 Å². The molecule has 0 aliphatic carbocycles. The Bertz CT molecular complexity index is 1130. The number of carbonyl (C=O) groups excluding carboxylic acids is 2. The van der Waals surface area contributed by atoms with E-state index in [0.29, 0.717) is 41.5 Å². The second-order valence-corrected chi connectivity index (χ2v) is 8.06. The predicted octanol–water partition coefficient (Wildman–Crippen LogP) is 5.43. The van der Waals surface area contributed by atoms with Gasteiger partial charge in [0.25, 0.3) is 11.8 Å². The van der Waals surface area contributed by atoms with E-state index in [1.807, 2.05) is 13.0 Å². The first-order valence-corrected chi connectivity index (χ1v) is 10.7. The van der Waals surface area contributed by atoms with Gasteiger partial charge < -0.3 is 15.0 Å². The maximum Gasteiger partial charge on any atom is 0.264 e. The summed E-state index contributed by atoms with van der Waals surface area (Å²) in [6, 6.07) is 18.0. The van der Waals surface area contributed by atoms with Crippen LogP contribution in [0.5, 0.6) is 5.75 Å². The summed E-state index contributed by atoms with van der Waals surface area (Å²) in [7, 11) is 0.